The fourth-order valence-corrected chi connectivity index (χ4v) is 2.09. The van der Waals surface area contributed by atoms with Crippen LogP contribution in [-0.2, 0) is 0 Å². The molecule has 0 bridgehead atoms. The monoisotopic (exact) mass is 270 g/mol. The third-order valence-corrected chi connectivity index (χ3v) is 3.33. The number of hydrogen-bond donors (Lipinski definition) is 2. The van der Waals surface area contributed by atoms with Crippen molar-refractivity contribution in [2.45, 2.75) is 32.7 Å². The Hall–Kier alpha value is -1.49. The van der Waals surface area contributed by atoms with Crippen LogP contribution in [-0.4, -0.2) is 29.1 Å². The molecule has 0 aliphatic carbocycles. The van der Waals surface area contributed by atoms with Gasteiger partial charge in [0.2, 0.25) is 0 Å². The Bertz CT molecular complexity index is 436. The summed E-state index contributed by atoms with van der Waals surface area (Å²) in [5.74, 6) is 0.627. The van der Waals surface area contributed by atoms with Gasteiger partial charge in [-0.2, -0.15) is 0 Å². The first kappa shape index (κ1) is 14.6. The molecule has 0 radical (unpaired) electrons. The van der Waals surface area contributed by atoms with E-state index in [9.17, 15) is 0 Å². The fourth-order valence-electron chi connectivity index (χ4n) is 1.75. The molecule has 1 aromatic rings. The van der Waals surface area contributed by atoms with E-state index >= 15 is 0 Å². The number of rotatable bonds is 5. The molecule has 0 fully saturated rings. The Balaban J connectivity index is 3.11. The highest BCUT2D eigenvalue weighted by atomic mass is 35.5. The third-order valence-electron chi connectivity index (χ3n) is 2.96. The van der Waals surface area contributed by atoms with Crippen LogP contribution in [0.2, 0.25) is 5.02 Å². The summed E-state index contributed by atoms with van der Waals surface area (Å²) < 4.78 is 0. The maximum atomic E-state index is 8.71. The van der Waals surface area contributed by atoms with Gasteiger partial charge in [-0.25, -0.2) is 4.98 Å². The van der Waals surface area contributed by atoms with Gasteiger partial charge in [0, 0.05) is 24.8 Å². The van der Waals surface area contributed by atoms with Crippen LogP contribution in [0.1, 0.15) is 32.3 Å². The van der Waals surface area contributed by atoms with Gasteiger partial charge in [0.25, 0.3) is 0 Å². The summed E-state index contributed by atoms with van der Waals surface area (Å²) in [6.45, 7) is 4.24. The summed E-state index contributed by atoms with van der Waals surface area (Å²) in [6, 6.07) is 1.95. The van der Waals surface area contributed by atoms with Gasteiger partial charge in [-0.05, 0) is 19.4 Å². The van der Waals surface area contributed by atoms with Gasteiger partial charge in [0.1, 0.15) is 5.82 Å². The first-order valence-corrected chi connectivity index (χ1v) is 6.25. The Morgan fingerprint density at radius 2 is 2.33 bits per heavy atom. The first-order valence-electron chi connectivity index (χ1n) is 5.88. The number of nitrogens with two attached hydrogens (primary N) is 1. The van der Waals surface area contributed by atoms with Crippen molar-refractivity contribution in [3.8, 4) is 0 Å². The molecule has 1 atom stereocenters. The van der Waals surface area contributed by atoms with Crippen molar-refractivity contribution in [1.82, 2.24) is 4.98 Å². The smallest absolute Gasteiger partial charge is 0.171 e. The van der Waals surface area contributed by atoms with Gasteiger partial charge in [0.05, 0.1) is 5.02 Å². The Morgan fingerprint density at radius 1 is 1.67 bits per heavy atom. The second kappa shape index (κ2) is 6.44. The van der Waals surface area contributed by atoms with E-state index in [1.807, 2.05) is 11.9 Å². The number of aromatic nitrogens is 1. The van der Waals surface area contributed by atoms with Crippen molar-refractivity contribution < 1.29 is 5.21 Å². The second-order valence-electron chi connectivity index (χ2n) is 4.23. The van der Waals surface area contributed by atoms with Crippen LogP contribution in [0.4, 0.5) is 5.82 Å². The molecule has 0 saturated heterocycles. The maximum Gasteiger partial charge on any atom is 0.171 e. The maximum absolute atomic E-state index is 8.71. The second-order valence-corrected chi connectivity index (χ2v) is 4.61. The summed E-state index contributed by atoms with van der Waals surface area (Å²) in [5, 5.41) is 12.1. The van der Waals surface area contributed by atoms with Gasteiger partial charge in [-0.3, -0.25) is 0 Å². The minimum Gasteiger partial charge on any atom is -0.409 e. The lowest BCUT2D eigenvalue weighted by Gasteiger charge is -2.27. The molecule has 3 N–H and O–H groups in total. The van der Waals surface area contributed by atoms with E-state index in [-0.39, 0.29) is 5.84 Å². The van der Waals surface area contributed by atoms with Crippen LogP contribution >= 0.6 is 11.6 Å². The highest BCUT2D eigenvalue weighted by Crippen LogP contribution is 2.27. The molecule has 0 aliphatic heterocycles. The molecule has 0 saturated carbocycles. The summed E-state index contributed by atoms with van der Waals surface area (Å²) in [6.07, 6.45) is 3.73. The zero-order valence-electron chi connectivity index (χ0n) is 10.9. The van der Waals surface area contributed by atoms with Crippen LogP contribution in [0.25, 0.3) is 0 Å². The van der Waals surface area contributed by atoms with Crippen LogP contribution in [0.15, 0.2) is 17.4 Å². The Labute approximate surface area is 112 Å². The molecule has 5 nitrogen and oxygen atoms in total. The van der Waals surface area contributed by atoms with E-state index in [2.05, 4.69) is 24.0 Å². The summed E-state index contributed by atoms with van der Waals surface area (Å²) >= 11 is 6.25. The van der Waals surface area contributed by atoms with E-state index in [0.29, 0.717) is 22.4 Å². The molecule has 6 heteroatoms. The van der Waals surface area contributed by atoms with Gasteiger partial charge in [0.15, 0.2) is 5.84 Å². The van der Waals surface area contributed by atoms with Crippen LogP contribution in [0, 0.1) is 0 Å². The van der Waals surface area contributed by atoms with Crippen LogP contribution in [0.3, 0.4) is 0 Å². The number of nitrogens with zero attached hydrogens (tertiary/aromatic N) is 3. The molecule has 1 rings (SSSR count). The lowest BCUT2D eigenvalue weighted by Crippen LogP contribution is -2.30. The first-order chi connectivity index (χ1) is 8.52. The van der Waals surface area contributed by atoms with Crippen molar-refractivity contribution in [3.63, 3.8) is 0 Å². The molecule has 100 valence electrons. The lowest BCUT2D eigenvalue weighted by atomic mass is 10.1. The molecule has 0 aromatic carbocycles. The van der Waals surface area contributed by atoms with Crippen molar-refractivity contribution in [1.29, 1.82) is 0 Å². The SMILES string of the molecule is CCCC(C)N(C)c1nccc(/C(N)=N/O)c1Cl. The molecular weight excluding hydrogens is 252 g/mol. The number of oxime groups is 1. The van der Waals surface area contributed by atoms with Crippen molar-refractivity contribution in [2.24, 2.45) is 10.9 Å². The predicted molar refractivity (Wildman–Crippen MR) is 74.5 cm³/mol. The topological polar surface area (TPSA) is 74.7 Å². The van der Waals surface area contributed by atoms with E-state index in [1.165, 1.54) is 0 Å². The lowest BCUT2D eigenvalue weighted by molar-refractivity contribution is 0.318. The Kier molecular flexibility index (Phi) is 5.22. The molecular formula is C12H19ClN4O. The van der Waals surface area contributed by atoms with Crippen LogP contribution < -0.4 is 10.6 Å². The minimum absolute atomic E-state index is 0.0137. The zero-order chi connectivity index (χ0) is 13.7. The van der Waals surface area contributed by atoms with Crippen molar-refractivity contribution in [2.75, 3.05) is 11.9 Å². The molecule has 1 heterocycles. The van der Waals surface area contributed by atoms with Gasteiger partial charge >= 0.3 is 0 Å². The third kappa shape index (κ3) is 3.04. The number of amidine groups is 1. The van der Waals surface area contributed by atoms with Gasteiger partial charge in [-0.1, -0.05) is 30.1 Å². The van der Waals surface area contributed by atoms with E-state index in [1.54, 1.807) is 12.3 Å². The average Bonchev–Trinajstić information content (AvgIpc) is 2.37. The largest absolute Gasteiger partial charge is 0.409 e. The molecule has 18 heavy (non-hydrogen) atoms. The van der Waals surface area contributed by atoms with Crippen LogP contribution in [0.5, 0.6) is 0 Å². The van der Waals surface area contributed by atoms with Crippen molar-refractivity contribution >= 4 is 23.3 Å². The highest BCUT2D eigenvalue weighted by molar-refractivity contribution is 6.36. The average molecular weight is 271 g/mol. The standard InChI is InChI=1S/C12H19ClN4O/c1-4-5-8(2)17(3)12-10(13)9(6-7-15-12)11(14)16-18/h6-8,18H,4-5H2,1-3H3,(H2,14,16). The number of hydrogen-bond acceptors (Lipinski definition) is 4. The fraction of sp³-hybridized carbons (Fsp3) is 0.500. The molecule has 0 spiro atoms. The number of halogens is 1. The molecule has 0 amide bonds. The van der Waals surface area contributed by atoms with Gasteiger partial charge < -0.3 is 15.8 Å². The minimum atomic E-state index is -0.0137. The quantitative estimate of drug-likeness (QED) is 0.373. The molecule has 1 unspecified atom stereocenters. The number of anilines is 1. The van der Waals surface area contributed by atoms with E-state index in [4.69, 9.17) is 22.5 Å². The van der Waals surface area contributed by atoms with Gasteiger partial charge in [-0.15, -0.1) is 0 Å². The predicted octanol–water partition coefficient (Wildman–Crippen LogP) is 2.45. The highest BCUT2D eigenvalue weighted by Gasteiger charge is 2.17. The Morgan fingerprint density at radius 3 is 2.89 bits per heavy atom. The summed E-state index contributed by atoms with van der Waals surface area (Å²) in [5.41, 5.74) is 6.05. The van der Waals surface area contributed by atoms with E-state index in [0.717, 1.165) is 12.8 Å². The molecule has 1 aromatic heterocycles. The van der Waals surface area contributed by atoms with E-state index < -0.39 is 0 Å². The van der Waals surface area contributed by atoms with Crippen molar-refractivity contribution in [3.05, 3.63) is 22.8 Å². The zero-order valence-corrected chi connectivity index (χ0v) is 11.6. The summed E-state index contributed by atoms with van der Waals surface area (Å²) in [4.78, 5) is 6.26. The summed E-state index contributed by atoms with van der Waals surface area (Å²) in [7, 11) is 1.94. The number of pyridine rings is 1. The normalized spacial score (nSPS) is 13.4. The molecule has 0 aliphatic rings.